The largest absolute Gasteiger partial charge is 0.381 e. The minimum Gasteiger partial charge on any atom is -0.381 e. The van der Waals surface area contributed by atoms with Crippen molar-refractivity contribution < 1.29 is 14.3 Å². The van der Waals surface area contributed by atoms with Gasteiger partial charge in [-0.15, -0.1) is 0 Å². The fourth-order valence-electron chi connectivity index (χ4n) is 4.58. The molecule has 0 aromatic carbocycles. The predicted octanol–water partition coefficient (Wildman–Crippen LogP) is 1.88. The zero-order chi connectivity index (χ0) is 16.5. The van der Waals surface area contributed by atoms with E-state index < -0.39 is 0 Å². The van der Waals surface area contributed by atoms with Crippen molar-refractivity contribution in [3.05, 3.63) is 17.7 Å². The number of fused-ring (bicyclic) bond motifs is 1. The molecule has 0 radical (unpaired) electrons. The number of aromatic nitrogens is 2. The van der Waals surface area contributed by atoms with Crippen LogP contribution >= 0.6 is 0 Å². The van der Waals surface area contributed by atoms with E-state index in [-0.39, 0.29) is 18.1 Å². The third-order valence-corrected chi connectivity index (χ3v) is 5.85. The number of carbonyl (C=O) groups excluding carboxylic acids is 1. The Labute approximate surface area is 143 Å². The van der Waals surface area contributed by atoms with Gasteiger partial charge in [-0.3, -0.25) is 4.79 Å². The van der Waals surface area contributed by atoms with Crippen LogP contribution in [0.25, 0.3) is 0 Å². The molecule has 6 heteroatoms. The van der Waals surface area contributed by atoms with Crippen LogP contribution in [0.2, 0.25) is 0 Å². The van der Waals surface area contributed by atoms with Crippen molar-refractivity contribution in [2.75, 3.05) is 26.9 Å². The number of carbonyl (C=O) groups is 1. The van der Waals surface area contributed by atoms with Crippen molar-refractivity contribution in [1.82, 2.24) is 14.5 Å². The number of hydrogen-bond acceptors (Lipinski definition) is 4. The lowest BCUT2D eigenvalue weighted by Gasteiger charge is -2.40. The van der Waals surface area contributed by atoms with E-state index in [1.54, 1.807) is 7.11 Å². The molecule has 3 aliphatic rings. The van der Waals surface area contributed by atoms with Crippen LogP contribution in [0.4, 0.5) is 0 Å². The third kappa shape index (κ3) is 2.86. The monoisotopic (exact) mass is 333 g/mol. The summed E-state index contributed by atoms with van der Waals surface area (Å²) in [6, 6.07) is 0.109. The Morgan fingerprint density at radius 1 is 1.29 bits per heavy atom. The maximum absolute atomic E-state index is 13.1. The van der Waals surface area contributed by atoms with Gasteiger partial charge < -0.3 is 18.9 Å². The summed E-state index contributed by atoms with van der Waals surface area (Å²) in [6.07, 6.45) is 8.87. The lowest BCUT2D eigenvalue weighted by molar-refractivity contribution is -0.0462. The van der Waals surface area contributed by atoms with Gasteiger partial charge in [0, 0.05) is 38.7 Å². The number of ether oxygens (including phenoxy) is 2. The molecule has 24 heavy (non-hydrogen) atoms. The van der Waals surface area contributed by atoms with Crippen molar-refractivity contribution in [1.29, 1.82) is 0 Å². The molecule has 2 aliphatic heterocycles. The van der Waals surface area contributed by atoms with E-state index >= 15 is 0 Å². The van der Waals surface area contributed by atoms with Gasteiger partial charge >= 0.3 is 0 Å². The molecule has 4 rings (SSSR count). The first kappa shape index (κ1) is 16.1. The average molecular weight is 333 g/mol. The van der Waals surface area contributed by atoms with Gasteiger partial charge in [0.05, 0.1) is 25.4 Å². The highest BCUT2D eigenvalue weighted by molar-refractivity contribution is 5.92. The van der Waals surface area contributed by atoms with Crippen molar-refractivity contribution >= 4 is 5.91 Å². The van der Waals surface area contributed by atoms with E-state index in [1.807, 2.05) is 11.1 Å². The standard InChI is InChI=1S/C18H27N3O3/c1-23-16-6-4-5-13(16)15-12-24-10-9-21(15)18(22)14-11-20-8-3-2-7-17(20)19-14/h11,13,15-16H,2-10,12H2,1H3/t13-,15-,16-/m1/s1. The first-order valence-electron chi connectivity index (χ1n) is 9.25. The smallest absolute Gasteiger partial charge is 0.274 e. The Kier molecular flexibility index (Phi) is 4.59. The summed E-state index contributed by atoms with van der Waals surface area (Å²) in [6.45, 7) is 2.86. The van der Waals surface area contributed by atoms with Crippen molar-refractivity contribution in [2.24, 2.45) is 5.92 Å². The highest BCUT2D eigenvalue weighted by Crippen LogP contribution is 2.34. The van der Waals surface area contributed by atoms with Crippen LogP contribution in [0.15, 0.2) is 6.20 Å². The fourth-order valence-corrected chi connectivity index (χ4v) is 4.58. The predicted molar refractivity (Wildman–Crippen MR) is 88.9 cm³/mol. The molecule has 2 fully saturated rings. The summed E-state index contributed by atoms with van der Waals surface area (Å²) in [5.74, 6) is 1.49. The first-order chi connectivity index (χ1) is 11.8. The number of methoxy groups -OCH3 is 1. The fraction of sp³-hybridized carbons (Fsp3) is 0.778. The minimum atomic E-state index is 0.0620. The van der Waals surface area contributed by atoms with Crippen molar-refractivity contribution in [3.8, 4) is 0 Å². The molecule has 132 valence electrons. The summed E-state index contributed by atoms with van der Waals surface area (Å²) in [7, 11) is 1.78. The van der Waals surface area contributed by atoms with E-state index in [0.717, 1.165) is 31.6 Å². The number of amides is 1. The number of morpholine rings is 1. The maximum Gasteiger partial charge on any atom is 0.274 e. The Morgan fingerprint density at radius 2 is 2.21 bits per heavy atom. The number of imidazole rings is 1. The molecule has 0 spiro atoms. The maximum atomic E-state index is 13.1. The molecule has 6 nitrogen and oxygen atoms in total. The molecule has 0 N–H and O–H groups in total. The molecule has 0 unspecified atom stereocenters. The molecule has 3 atom stereocenters. The topological polar surface area (TPSA) is 56.6 Å². The highest BCUT2D eigenvalue weighted by Gasteiger charge is 2.41. The van der Waals surface area contributed by atoms with Crippen LogP contribution < -0.4 is 0 Å². The Morgan fingerprint density at radius 3 is 3.04 bits per heavy atom. The minimum absolute atomic E-state index is 0.0620. The Hall–Kier alpha value is -1.40. The van der Waals surface area contributed by atoms with Crippen LogP contribution in [0.3, 0.4) is 0 Å². The number of aryl methyl sites for hydroxylation is 2. The quantitative estimate of drug-likeness (QED) is 0.847. The van der Waals surface area contributed by atoms with Gasteiger partial charge in [-0.1, -0.05) is 6.42 Å². The van der Waals surface area contributed by atoms with E-state index in [9.17, 15) is 4.79 Å². The number of hydrogen-bond donors (Lipinski definition) is 0. The summed E-state index contributed by atoms with van der Waals surface area (Å²) >= 11 is 0. The van der Waals surface area contributed by atoms with Gasteiger partial charge in [-0.05, 0) is 25.7 Å². The number of rotatable bonds is 3. The van der Waals surface area contributed by atoms with Gasteiger partial charge in [-0.25, -0.2) is 4.98 Å². The van der Waals surface area contributed by atoms with Crippen molar-refractivity contribution in [3.63, 3.8) is 0 Å². The molecular weight excluding hydrogens is 306 g/mol. The molecule has 3 heterocycles. The second-order valence-corrected chi connectivity index (χ2v) is 7.20. The third-order valence-electron chi connectivity index (χ3n) is 5.85. The summed E-state index contributed by atoms with van der Waals surface area (Å²) in [4.78, 5) is 19.8. The van der Waals surface area contributed by atoms with Crippen LogP contribution in [0.1, 0.15) is 48.4 Å². The molecule has 1 aliphatic carbocycles. The van der Waals surface area contributed by atoms with Gasteiger partial charge in [-0.2, -0.15) is 0 Å². The average Bonchev–Trinajstić information content (AvgIpc) is 3.27. The lowest BCUT2D eigenvalue weighted by Crippen LogP contribution is -2.53. The van der Waals surface area contributed by atoms with E-state index in [2.05, 4.69) is 9.55 Å². The van der Waals surface area contributed by atoms with E-state index in [4.69, 9.17) is 9.47 Å². The second kappa shape index (κ2) is 6.84. The SMILES string of the molecule is CO[C@@H]1CCC[C@@H]1[C@H]1COCCN1C(=O)c1cn2c(n1)CCCC2. The molecule has 1 amide bonds. The molecule has 1 saturated carbocycles. The van der Waals surface area contributed by atoms with Gasteiger partial charge in [0.25, 0.3) is 5.91 Å². The van der Waals surface area contributed by atoms with Gasteiger partial charge in [0.2, 0.25) is 0 Å². The molecule has 1 aromatic heterocycles. The molecule has 0 bridgehead atoms. The molecule has 1 saturated heterocycles. The zero-order valence-electron chi connectivity index (χ0n) is 14.4. The second-order valence-electron chi connectivity index (χ2n) is 7.20. The molecular formula is C18H27N3O3. The number of nitrogens with zero attached hydrogens (tertiary/aromatic N) is 3. The van der Waals surface area contributed by atoms with Gasteiger partial charge in [0.1, 0.15) is 11.5 Å². The van der Waals surface area contributed by atoms with Crippen LogP contribution in [-0.4, -0.2) is 59.4 Å². The van der Waals surface area contributed by atoms with Crippen molar-refractivity contribution in [2.45, 2.75) is 57.2 Å². The van der Waals surface area contributed by atoms with E-state index in [0.29, 0.717) is 31.4 Å². The summed E-state index contributed by atoms with van der Waals surface area (Å²) in [5, 5.41) is 0. The zero-order valence-corrected chi connectivity index (χ0v) is 14.4. The van der Waals surface area contributed by atoms with Gasteiger partial charge in [0.15, 0.2) is 0 Å². The lowest BCUT2D eigenvalue weighted by atomic mass is 9.94. The van der Waals surface area contributed by atoms with Crippen LogP contribution in [-0.2, 0) is 22.4 Å². The Bertz CT molecular complexity index is 577. The normalized spacial score (nSPS) is 30.4. The van der Waals surface area contributed by atoms with Crippen LogP contribution in [0.5, 0.6) is 0 Å². The first-order valence-corrected chi connectivity index (χ1v) is 9.25. The summed E-state index contributed by atoms with van der Waals surface area (Å²) in [5.41, 5.74) is 0.603. The summed E-state index contributed by atoms with van der Waals surface area (Å²) < 4.78 is 13.5. The Balaban J connectivity index is 1.55. The van der Waals surface area contributed by atoms with Crippen LogP contribution in [0, 0.1) is 5.92 Å². The highest BCUT2D eigenvalue weighted by atomic mass is 16.5. The molecule has 1 aromatic rings. The van der Waals surface area contributed by atoms with E-state index in [1.165, 1.54) is 19.3 Å².